The highest BCUT2D eigenvalue weighted by Gasteiger charge is 2.19. The van der Waals surface area contributed by atoms with Crippen molar-refractivity contribution in [3.8, 4) is 22.8 Å². The first-order chi connectivity index (χ1) is 13.5. The maximum absolute atomic E-state index is 12.7. The van der Waals surface area contributed by atoms with E-state index in [1.165, 1.54) is 25.0 Å². The molecule has 0 unspecified atom stereocenters. The molecule has 1 heterocycles. The van der Waals surface area contributed by atoms with Gasteiger partial charge in [-0.3, -0.25) is 9.59 Å². The van der Waals surface area contributed by atoms with E-state index in [1.807, 2.05) is 30.3 Å². The Morgan fingerprint density at radius 3 is 2.39 bits per heavy atom. The van der Waals surface area contributed by atoms with Crippen LogP contribution in [0.25, 0.3) is 11.3 Å². The molecule has 0 aliphatic carbocycles. The number of nitrogens with one attached hydrogen (secondary N) is 1. The molecule has 0 saturated carbocycles. The van der Waals surface area contributed by atoms with Crippen LogP contribution in [-0.4, -0.2) is 29.9 Å². The number of anilines is 1. The second-order valence-corrected chi connectivity index (χ2v) is 6.10. The van der Waals surface area contributed by atoms with Crippen LogP contribution in [0.4, 0.5) is 5.69 Å². The molecule has 3 rings (SSSR count). The van der Waals surface area contributed by atoms with Crippen LogP contribution in [-0.2, 0) is 4.79 Å². The van der Waals surface area contributed by atoms with Gasteiger partial charge >= 0.3 is 0 Å². The predicted molar refractivity (Wildman–Crippen MR) is 107 cm³/mol. The lowest BCUT2D eigenvalue weighted by Crippen LogP contribution is -2.33. The van der Waals surface area contributed by atoms with E-state index in [1.54, 1.807) is 31.2 Å². The Hall–Kier alpha value is -3.61. The number of carbonyl (C=O) groups excluding carboxylic acids is 1. The summed E-state index contributed by atoms with van der Waals surface area (Å²) < 4.78 is 11.6. The largest absolute Gasteiger partial charge is 0.493 e. The highest BCUT2D eigenvalue weighted by Crippen LogP contribution is 2.30. The fourth-order valence-electron chi connectivity index (χ4n) is 2.74. The summed E-state index contributed by atoms with van der Waals surface area (Å²) in [5.74, 6) is 0.684. The predicted octanol–water partition coefficient (Wildman–Crippen LogP) is 3.13. The lowest BCUT2D eigenvalue weighted by atomic mass is 10.1. The Morgan fingerprint density at radius 1 is 1.00 bits per heavy atom. The van der Waals surface area contributed by atoms with Gasteiger partial charge < -0.3 is 14.8 Å². The molecule has 0 aliphatic heterocycles. The van der Waals surface area contributed by atoms with E-state index in [2.05, 4.69) is 10.4 Å². The zero-order valence-electron chi connectivity index (χ0n) is 15.9. The SMILES string of the molecule is COc1ccc(NC(=O)[C@H](C)n2nc(-c3ccccc3)ccc2=O)cc1OC. The molecule has 1 atom stereocenters. The third-order valence-electron chi connectivity index (χ3n) is 4.29. The number of nitrogens with zero attached hydrogens (tertiary/aromatic N) is 2. The monoisotopic (exact) mass is 379 g/mol. The lowest BCUT2D eigenvalue weighted by molar-refractivity contribution is -0.119. The van der Waals surface area contributed by atoms with Crippen molar-refractivity contribution in [2.24, 2.45) is 0 Å². The first kappa shape index (κ1) is 19.2. The molecule has 1 N–H and O–H groups in total. The maximum atomic E-state index is 12.7. The fourth-order valence-corrected chi connectivity index (χ4v) is 2.74. The topological polar surface area (TPSA) is 82.5 Å². The summed E-state index contributed by atoms with van der Waals surface area (Å²) in [4.78, 5) is 25.0. The standard InChI is InChI=1S/C21H21N3O4/c1-14(21(26)22-16-9-11-18(27-2)19(13-16)28-3)24-20(25)12-10-17(23-24)15-7-5-4-6-8-15/h4-14H,1-3H3,(H,22,26)/t14-/m0/s1. The van der Waals surface area contributed by atoms with Crippen molar-refractivity contribution in [1.29, 1.82) is 0 Å². The Kier molecular flexibility index (Phi) is 5.74. The van der Waals surface area contributed by atoms with Gasteiger partial charge in [-0.25, -0.2) is 4.68 Å². The van der Waals surface area contributed by atoms with Crippen molar-refractivity contribution >= 4 is 11.6 Å². The number of methoxy groups -OCH3 is 2. The van der Waals surface area contributed by atoms with Gasteiger partial charge in [-0.2, -0.15) is 5.10 Å². The summed E-state index contributed by atoms with van der Waals surface area (Å²) in [6.07, 6.45) is 0. The average Bonchev–Trinajstić information content (AvgIpc) is 2.74. The van der Waals surface area contributed by atoms with E-state index in [9.17, 15) is 9.59 Å². The van der Waals surface area contributed by atoms with Crippen LogP contribution in [0, 0.1) is 0 Å². The van der Waals surface area contributed by atoms with E-state index < -0.39 is 6.04 Å². The van der Waals surface area contributed by atoms with Gasteiger partial charge in [0.05, 0.1) is 19.9 Å². The normalized spacial score (nSPS) is 11.5. The number of aromatic nitrogens is 2. The molecule has 144 valence electrons. The number of benzene rings is 2. The molecular weight excluding hydrogens is 358 g/mol. The minimum atomic E-state index is -0.802. The first-order valence-corrected chi connectivity index (χ1v) is 8.71. The smallest absolute Gasteiger partial charge is 0.267 e. The summed E-state index contributed by atoms with van der Waals surface area (Å²) in [7, 11) is 3.06. The molecule has 7 heteroatoms. The van der Waals surface area contributed by atoms with Gasteiger partial charge in [0.25, 0.3) is 5.56 Å². The molecule has 7 nitrogen and oxygen atoms in total. The van der Waals surface area contributed by atoms with Crippen LogP contribution in [0.1, 0.15) is 13.0 Å². The van der Waals surface area contributed by atoms with Crippen molar-refractivity contribution in [3.05, 3.63) is 71.0 Å². The Morgan fingerprint density at radius 2 is 1.71 bits per heavy atom. The van der Waals surface area contributed by atoms with E-state index in [0.29, 0.717) is 22.9 Å². The van der Waals surface area contributed by atoms with Crippen LogP contribution in [0.5, 0.6) is 11.5 Å². The van der Waals surface area contributed by atoms with Gasteiger partial charge in [-0.05, 0) is 25.1 Å². The molecule has 1 amide bonds. The van der Waals surface area contributed by atoms with Crippen LogP contribution >= 0.6 is 0 Å². The van der Waals surface area contributed by atoms with Crippen molar-refractivity contribution in [3.63, 3.8) is 0 Å². The van der Waals surface area contributed by atoms with E-state index in [4.69, 9.17) is 9.47 Å². The van der Waals surface area contributed by atoms with E-state index in [0.717, 1.165) is 5.56 Å². The van der Waals surface area contributed by atoms with Crippen molar-refractivity contribution in [2.45, 2.75) is 13.0 Å². The second-order valence-electron chi connectivity index (χ2n) is 6.10. The zero-order chi connectivity index (χ0) is 20.1. The molecule has 1 aromatic heterocycles. The number of rotatable bonds is 6. The number of amides is 1. The summed E-state index contributed by atoms with van der Waals surface area (Å²) in [5, 5.41) is 7.14. The summed E-state index contributed by atoms with van der Waals surface area (Å²) in [6.45, 7) is 1.62. The number of hydrogen-bond donors (Lipinski definition) is 1. The quantitative estimate of drug-likeness (QED) is 0.712. The fraction of sp³-hybridized carbons (Fsp3) is 0.190. The van der Waals surface area contributed by atoms with E-state index >= 15 is 0 Å². The summed E-state index contributed by atoms with van der Waals surface area (Å²) >= 11 is 0. The molecule has 0 fully saturated rings. The van der Waals surface area contributed by atoms with Crippen molar-refractivity contribution in [2.75, 3.05) is 19.5 Å². The van der Waals surface area contributed by atoms with Gasteiger partial charge in [0.15, 0.2) is 11.5 Å². The van der Waals surface area contributed by atoms with Crippen molar-refractivity contribution < 1.29 is 14.3 Å². The van der Waals surface area contributed by atoms with Crippen molar-refractivity contribution in [1.82, 2.24) is 9.78 Å². The molecule has 0 aliphatic rings. The second kappa shape index (κ2) is 8.39. The van der Waals surface area contributed by atoms with Gasteiger partial charge in [0.2, 0.25) is 5.91 Å². The molecule has 0 spiro atoms. The molecular formula is C21H21N3O4. The van der Waals surface area contributed by atoms with Crippen LogP contribution in [0.2, 0.25) is 0 Å². The summed E-state index contributed by atoms with van der Waals surface area (Å²) in [5.41, 5.74) is 1.66. The molecule has 0 radical (unpaired) electrons. The van der Waals surface area contributed by atoms with Gasteiger partial charge in [-0.1, -0.05) is 30.3 Å². The van der Waals surface area contributed by atoms with Crippen LogP contribution in [0.15, 0.2) is 65.5 Å². The van der Waals surface area contributed by atoms with Gasteiger partial charge in [0, 0.05) is 23.4 Å². The van der Waals surface area contributed by atoms with E-state index in [-0.39, 0.29) is 11.5 Å². The lowest BCUT2D eigenvalue weighted by Gasteiger charge is -2.16. The molecule has 28 heavy (non-hydrogen) atoms. The third-order valence-corrected chi connectivity index (χ3v) is 4.29. The number of ether oxygens (including phenoxy) is 2. The first-order valence-electron chi connectivity index (χ1n) is 8.71. The average molecular weight is 379 g/mol. The summed E-state index contributed by atoms with van der Waals surface area (Å²) in [6, 6.07) is 16.8. The number of hydrogen-bond acceptors (Lipinski definition) is 5. The van der Waals surface area contributed by atoms with Gasteiger partial charge in [-0.15, -0.1) is 0 Å². The van der Waals surface area contributed by atoms with Crippen LogP contribution < -0.4 is 20.3 Å². The minimum Gasteiger partial charge on any atom is -0.493 e. The highest BCUT2D eigenvalue weighted by atomic mass is 16.5. The molecule has 0 saturated heterocycles. The molecule has 2 aromatic carbocycles. The Bertz CT molecular complexity index is 1030. The van der Waals surface area contributed by atoms with Gasteiger partial charge in [0.1, 0.15) is 6.04 Å². The zero-order valence-corrected chi connectivity index (χ0v) is 15.9. The Balaban J connectivity index is 1.85. The minimum absolute atomic E-state index is 0.352. The third kappa shape index (κ3) is 4.03. The van der Waals surface area contributed by atoms with Crippen LogP contribution in [0.3, 0.4) is 0 Å². The molecule has 3 aromatic rings. The maximum Gasteiger partial charge on any atom is 0.267 e. The Labute approximate surface area is 162 Å². The highest BCUT2D eigenvalue weighted by molar-refractivity contribution is 5.93. The number of carbonyl (C=O) groups is 1. The molecule has 0 bridgehead atoms.